The lowest BCUT2D eigenvalue weighted by Crippen LogP contribution is -2.08. The van der Waals surface area contributed by atoms with Crippen molar-refractivity contribution < 1.29 is 17.9 Å². The maximum atomic E-state index is 13.2. The number of ether oxygens (including phenoxy) is 1. The van der Waals surface area contributed by atoms with Gasteiger partial charge in [-0.2, -0.15) is 13.2 Å². The number of pyridine rings is 1. The predicted octanol–water partition coefficient (Wildman–Crippen LogP) is 4.93. The molecule has 6 heteroatoms. The number of nitrogens with two attached hydrogens (primary N) is 1. The molecule has 3 aromatic rings. The second-order valence-electron chi connectivity index (χ2n) is 5.46. The highest BCUT2D eigenvalue weighted by Gasteiger charge is 2.33. The summed E-state index contributed by atoms with van der Waals surface area (Å²) in [6, 6.07) is 16.3. The molecule has 0 radical (unpaired) electrons. The molecule has 128 valence electrons. The smallest absolute Gasteiger partial charge is 0.417 e. The van der Waals surface area contributed by atoms with Gasteiger partial charge in [-0.05, 0) is 29.3 Å². The Kier molecular flexibility index (Phi) is 4.61. The van der Waals surface area contributed by atoms with E-state index in [0.717, 1.165) is 11.6 Å². The summed E-state index contributed by atoms with van der Waals surface area (Å²) in [6.45, 7) is 0.336. The van der Waals surface area contributed by atoms with E-state index in [1.165, 1.54) is 18.3 Å². The van der Waals surface area contributed by atoms with Gasteiger partial charge >= 0.3 is 6.18 Å². The quantitative estimate of drug-likeness (QED) is 0.683. The maximum absolute atomic E-state index is 13.2. The first-order chi connectivity index (χ1) is 11.9. The van der Waals surface area contributed by atoms with Crippen molar-refractivity contribution in [2.24, 2.45) is 0 Å². The molecule has 0 aliphatic heterocycles. The van der Waals surface area contributed by atoms with Crippen molar-refractivity contribution in [1.29, 1.82) is 0 Å². The standard InChI is InChI=1S/C19H15F3N2O/c20-19(21,22)17-10-15(23)7-8-16(17)14-6-9-18(24-11-14)25-12-13-4-2-1-3-5-13/h1-11H,12,23H2. The molecular weight excluding hydrogens is 329 g/mol. The Morgan fingerprint density at radius 2 is 1.72 bits per heavy atom. The molecule has 0 saturated carbocycles. The van der Waals surface area contributed by atoms with Crippen molar-refractivity contribution in [2.75, 3.05) is 5.73 Å². The van der Waals surface area contributed by atoms with Crippen LogP contribution in [0.1, 0.15) is 11.1 Å². The van der Waals surface area contributed by atoms with E-state index in [1.807, 2.05) is 30.3 Å². The zero-order valence-corrected chi connectivity index (χ0v) is 13.1. The molecule has 3 rings (SSSR count). The summed E-state index contributed by atoms with van der Waals surface area (Å²) < 4.78 is 45.1. The van der Waals surface area contributed by atoms with Gasteiger partial charge in [0.05, 0.1) is 5.56 Å². The Morgan fingerprint density at radius 3 is 2.36 bits per heavy atom. The molecule has 1 heterocycles. The van der Waals surface area contributed by atoms with Gasteiger partial charge < -0.3 is 10.5 Å². The van der Waals surface area contributed by atoms with E-state index in [9.17, 15) is 13.2 Å². The number of rotatable bonds is 4. The van der Waals surface area contributed by atoms with E-state index in [2.05, 4.69) is 4.98 Å². The van der Waals surface area contributed by atoms with Gasteiger partial charge in [0, 0.05) is 23.5 Å². The number of alkyl halides is 3. The molecule has 0 spiro atoms. The van der Waals surface area contributed by atoms with Crippen molar-refractivity contribution in [3.05, 3.63) is 78.0 Å². The normalized spacial score (nSPS) is 11.3. The van der Waals surface area contributed by atoms with Crippen LogP contribution in [-0.2, 0) is 12.8 Å². The van der Waals surface area contributed by atoms with Crippen LogP contribution in [-0.4, -0.2) is 4.98 Å². The molecule has 3 nitrogen and oxygen atoms in total. The molecule has 2 aromatic carbocycles. The van der Waals surface area contributed by atoms with Crippen LogP contribution in [0.3, 0.4) is 0 Å². The van der Waals surface area contributed by atoms with E-state index in [0.29, 0.717) is 18.1 Å². The Balaban J connectivity index is 1.81. The van der Waals surface area contributed by atoms with Crippen LogP contribution in [0.15, 0.2) is 66.9 Å². The lowest BCUT2D eigenvalue weighted by molar-refractivity contribution is -0.137. The Bertz CT molecular complexity index is 847. The summed E-state index contributed by atoms with van der Waals surface area (Å²) in [7, 11) is 0. The first-order valence-electron chi connectivity index (χ1n) is 7.53. The second-order valence-corrected chi connectivity index (χ2v) is 5.46. The van der Waals surface area contributed by atoms with Crippen molar-refractivity contribution in [3.8, 4) is 17.0 Å². The minimum atomic E-state index is -4.49. The zero-order valence-electron chi connectivity index (χ0n) is 13.1. The summed E-state index contributed by atoms with van der Waals surface area (Å²) in [5.74, 6) is 0.344. The van der Waals surface area contributed by atoms with Crippen LogP contribution >= 0.6 is 0 Å². The average Bonchev–Trinajstić information content (AvgIpc) is 2.61. The highest BCUT2D eigenvalue weighted by Crippen LogP contribution is 2.38. The molecule has 0 bridgehead atoms. The number of nitrogen functional groups attached to an aromatic ring is 1. The molecule has 2 N–H and O–H groups in total. The van der Waals surface area contributed by atoms with Crippen LogP contribution in [0.4, 0.5) is 18.9 Å². The molecule has 0 saturated heterocycles. The summed E-state index contributed by atoms with van der Waals surface area (Å²) in [5.41, 5.74) is 6.12. The van der Waals surface area contributed by atoms with Gasteiger partial charge in [-0.3, -0.25) is 0 Å². The Labute approximate surface area is 142 Å². The molecule has 0 amide bonds. The number of halogens is 3. The molecule has 0 atom stereocenters. The summed E-state index contributed by atoms with van der Waals surface area (Å²) in [5, 5.41) is 0. The number of anilines is 1. The van der Waals surface area contributed by atoms with Gasteiger partial charge in [-0.1, -0.05) is 36.4 Å². The minimum Gasteiger partial charge on any atom is -0.473 e. The fraction of sp³-hybridized carbons (Fsp3) is 0.105. The minimum absolute atomic E-state index is 0.0313. The molecule has 0 aliphatic rings. The van der Waals surface area contributed by atoms with Crippen molar-refractivity contribution >= 4 is 5.69 Å². The van der Waals surface area contributed by atoms with Crippen molar-refractivity contribution in [2.45, 2.75) is 12.8 Å². The third kappa shape index (κ3) is 4.09. The molecule has 0 unspecified atom stereocenters. The zero-order chi connectivity index (χ0) is 17.9. The van der Waals surface area contributed by atoms with E-state index < -0.39 is 11.7 Å². The van der Waals surface area contributed by atoms with Crippen LogP contribution in [0.25, 0.3) is 11.1 Å². The first-order valence-corrected chi connectivity index (χ1v) is 7.53. The molecule has 0 aliphatic carbocycles. The van der Waals surface area contributed by atoms with E-state index in [1.54, 1.807) is 12.1 Å². The number of nitrogens with zero attached hydrogens (tertiary/aromatic N) is 1. The summed E-state index contributed by atoms with van der Waals surface area (Å²) in [6.07, 6.45) is -3.13. The molecule has 0 fully saturated rings. The van der Waals surface area contributed by atoms with Crippen molar-refractivity contribution in [3.63, 3.8) is 0 Å². The van der Waals surface area contributed by atoms with Gasteiger partial charge in [-0.15, -0.1) is 0 Å². The fourth-order valence-electron chi connectivity index (χ4n) is 2.40. The Hall–Kier alpha value is -3.02. The first kappa shape index (κ1) is 16.8. The predicted molar refractivity (Wildman–Crippen MR) is 89.9 cm³/mol. The van der Waals surface area contributed by atoms with E-state index in [4.69, 9.17) is 10.5 Å². The van der Waals surface area contributed by atoms with Gasteiger partial charge in [0.1, 0.15) is 6.61 Å². The fourth-order valence-corrected chi connectivity index (χ4v) is 2.40. The second kappa shape index (κ2) is 6.84. The third-order valence-corrected chi connectivity index (χ3v) is 3.63. The molecule has 25 heavy (non-hydrogen) atoms. The van der Waals surface area contributed by atoms with Gasteiger partial charge in [0.2, 0.25) is 5.88 Å². The largest absolute Gasteiger partial charge is 0.473 e. The van der Waals surface area contributed by atoms with Crippen LogP contribution < -0.4 is 10.5 Å². The highest BCUT2D eigenvalue weighted by molar-refractivity contribution is 5.70. The van der Waals surface area contributed by atoms with Crippen LogP contribution in [0.2, 0.25) is 0 Å². The lowest BCUT2D eigenvalue weighted by atomic mass is 10.00. The van der Waals surface area contributed by atoms with Crippen LogP contribution in [0.5, 0.6) is 5.88 Å². The molecular formula is C19H15F3N2O. The average molecular weight is 344 g/mol. The number of hydrogen-bond donors (Lipinski definition) is 1. The molecule has 1 aromatic heterocycles. The van der Waals surface area contributed by atoms with Gasteiger partial charge in [0.25, 0.3) is 0 Å². The van der Waals surface area contributed by atoms with Crippen molar-refractivity contribution in [1.82, 2.24) is 4.98 Å². The topological polar surface area (TPSA) is 48.1 Å². The highest BCUT2D eigenvalue weighted by atomic mass is 19.4. The van der Waals surface area contributed by atoms with E-state index in [-0.39, 0.29) is 11.3 Å². The number of hydrogen-bond acceptors (Lipinski definition) is 3. The maximum Gasteiger partial charge on any atom is 0.417 e. The number of benzene rings is 2. The SMILES string of the molecule is Nc1ccc(-c2ccc(OCc3ccccc3)nc2)c(C(F)(F)F)c1. The monoisotopic (exact) mass is 344 g/mol. The Morgan fingerprint density at radius 1 is 0.960 bits per heavy atom. The third-order valence-electron chi connectivity index (χ3n) is 3.63. The van der Waals surface area contributed by atoms with E-state index >= 15 is 0 Å². The van der Waals surface area contributed by atoms with Gasteiger partial charge in [-0.25, -0.2) is 4.98 Å². The number of aromatic nitrogens is 1. The summed E-state index contributed by atoms with van der Waals surface area (Å²) in [4.78, 5) is 4.09. The van der Waals surface area contributed by atoms with Crippen LogP contribution in [0, 0.1) is 0 Å². The van der Waals surface area contributed by atoms with Gasteiger partial charge in [0.15, 0.2) is 0 Å². The summed E-state index contributed by atoms with van der Waals surface area (Å²) >= 11 is 0. The lowest BCUT2D eigenvalue weighted by Gasteiger charge is -2.14.